The number of hydrogen-bond donors (Lipinski definition) is 1. The van der Waals surface area contributed by atoms with Crippen LogP contribution in [0.3, 0.4) is 0 Å². The van der Waals surface area contributed by atoms with Crippen LogP contribution in [-0.2, 0) is 0 Å². The zero-order chi connectivity index (χ0) is 8.16. The van der Waals surface area contributed by atoms with Crippen molar-refractivity contribution in [2.75, 3.05) is 6.61 Å². The highest BCUT2D eigenvalue weighted by Gasteiger charge is 2.25. The van der Waals surface area contributed by atoms with Crippen LogP contribution in [0.5, 0.6) is 0 Å². The van der Waals surface area contributed by atoms with Gasteiger partial charge in [-0.15, -0.1) is 0 Å². The van der Waals surface area contributed by atoms with Crippen LogP contribution in [0.4, 0.5) is 0 Å². The van der Waals surface area contributed by atoms with Crippen molar-refractivity contribution in [3.05, 3.63) is 12.2 Å². The molecule has 0 radical (unpaired) electrons. The second kappa shape index (κ2) is 3.67. The first-order valence-corrected chi connectivity index (χ1v) is 4.17. The van der Waals surface area contributed by atoms with Crippen molar-refractivity contribution in [3.63, 3.8) is 0 Å². The van der Waals surface area contributed by atoms with E-state index in [1.807, 2.05) is 12.3 Å². The number of hydrogen-bond acceptors (Lipinski definition) is 2. The van der Waals surface area contributed by atoms with Crippen LogP contribution in [0.2, 0.25) is 0 Å². The lowest BCUT2D eigenvalue weighted by Gasteiger charge is -2.22. The first kappa shape index (κ1) is 8.47. The largest absolute Gasteiger partial charge is 0.396 e. The van der Waals surface area contributed by atoms with E-state index in [1.54, 1.807) is 0 Å². The molecule has 0 aromatic heterocycles. The fourth-order valence-electron chi connectivity index (χ4n) is 1.50. The lowest BCUT2D eigenvalue weighted by Crippen LogP contribution is -2.22. The summed E-state index contributed by atoms with van der Waals surface area (Å²) in [6.07, 6.45) is 8.79. The molecule has 0 spiro atoms. The van der Waals surface area contributed by atoms with Crippen molar-refractivity contribution in [1.29, 1.82) is 0 Å². The quantitative estimate of drug-likeness (QED) is 0.653. The average molecular weight is 153 g/mol. The van der Waals surface area contributed by atoms with Gasteiger partial charge < -0.3 is 5.11 Å². The summed E-state index contributed by atoms with van der Waals surface area (Å²) in [4.78, 5) is 4.35. The molecule has 2 heteroatoms. The lowest BCUT2D eigenvalue weighted by atomic mass is 9.92. The Hall–Kier alpha value is -0.630. The van der Waals surface area contributed by atoms with Crippen molar-refractivity contribution in [3.8, 4) is 0 Å². The molecule has 11 heavy (non-hydrogen) atoms. The van der Waals surface area contributed by atoms with Gasteiger partial charge in [0.25, 0.3) is 0 Å². The maximum Gasteiger partial charge on any atom is 0.0812 e. The fourth-order valence-corrected chi connectivity index (χ4v) is 1.50. The zero-order valence-corrected chi connectivity index (χ0v) is 6.95. The molecule has 0 fully saturated rings. The van der Waals surface area contributed by atoms with Gasteiger partial charge in [-0.05, 0) is 18.9 Å². The molecule has 0 aromatic carbocycles. The van der Waals surface area contributed by atoms with E-state index < -0.39 is 0 Å². The number of allylic oxidation sites excluding steroid dienone is 1. The average Bonchev–Trinajstić information content (AvgIpc) is 2.39. The summed E-state index contributed by atoms with van der Waals surface area (Å²) in [5.41, 5.74) is -0.0660. The third-order valence-electron chi connectivity index (χ3n) is 2.05. The van der Waals surface area contributed by atoms with Crippen LogP contribution in [0, 0.1) is 0 Å². The highest BCUT2D eigenvalue weighted by Crippen LogP contribution is 2.26. The highest BCUT2D eigenvalue weighted by atomic mass is 16.3. The highest BCUT2D eigenvalue weighted by molar-refractivity contribution is 5.75. The molecular weight excluding hydrogens is 138 g/mol. The van der Waals surface area contributed by atoms with E-state index in [0.29, 0.717) is 0 Å². The Morgan fingerprint density at radius 1 is 1.45 bits per heavy atom. The number of nitrogens with zero attached hydrogens (tertiary/aromatic N) is 1. The van der Waals surface area contributed by atoms with Gasteiger partial charge in [-0.1, -0.05) is 19.4 Å². The summed E-state index contributed by atoms with van der Waals surface area (Å²) in [6.45, 7) is 2.36. The smallest absolute Gasteiger partial charge is 0.0812 e. The molecule has 1 aliphatic heterocycles. The lowest BCUT2D eigenvalue weighted by molar-refractivity contribution is 0.254. The van der Waals surface area contributed by atoms with Crippen LogP contribution < -0.4 is 0 Å². The maximum atomic E-state index is 8.81. The van der Waals surface area contributed by atoms with Crippen LogP contribution in [0.1, 0.15) is 26.2 Å². The minimum Gasteiger partial charge on any atom is -0.396 e. The Labute approximate surface area is 67.7 Å². The molecule has 2 nitrogen and oxygen atoms in total. The van der Waals surface area contributed by atoms with Crippen molar-refractivity contribution in [2.24, 2.45) is 4.99 Å². The number of rotatable bonds is 4. The van der Waals surface area contributed by atoms with Crippen LogP contribution >= 0.6 is 0 Å². The summed E-state index contributed by atoms with van der Waals surface area (Å²) in [6, 6.07) is 0. The number of aliphatic imine (C=N–C) groups is 1. The summed E-state index contributed by atoms with van der Waals surface area (Å²) in [5, 5.41) is 8.81. The minimum absolute atomic E-state index is 0.0660. The van der Waals surface area contributed by atoms with E-state index >= 15 is 0 Å². The van der Waals surface area contributed by atoms with Gasteiger partial charge >= 0.3 is 0 Å². The zero-order valence-electron chi connectivity index (χ0n) is 6.95. The number of aliphatic hydroxyl groups is 1. The van der Waals surface area contributed by atoms with Crippen molar-refractivity contribution in [1.82, 2.24) is 0 Å². The standard InChI is InChI=1S/C9H15NO/c1-2-4-9(6-8-11)5-3-7-10-9/h3,5,7,11H,2,4,6,8H2,1H3. The Bertz CT molecular complexity index is 152. The first-order chi connectivity index (χ1) is 5.33. The molecule has 0 aliphatic carbocycles. The van der Waals surface area contributed by atoms with Gasteiger partial charge in [0.1, 0.15) is 0 Å². The molecule has 0 saturated carbocycles. The predicted molar refractivity (Wildman–Crippen MR) is 47.0 cm³/mol. The SMILES string of the molecule is CCCC1(CCO)C=CC=N1. The van der Waals surface area contributed by atoms with Crippen molar-refractivity contribution >= 4 is 6.21 Å². The van der Waals surface area contributed by atoms with Gasteiger partial charge in [-0.25, -0.2) is 0 Å². The molecule has 1 aliphatic rings. The number of aliphatic hydroxyl groups excluding tert-OH is 1. The second-order valence-corrected chi connectivity index (χ2v) is 2.96. The van der Waals surface area contributed by atoms with E-state index in [4.69, 9.17) is 5.11 Å². The molecule has 1 atom stereocenters. The molecule has 0 saturated heterocycles. The van der Waals surface area contributed by atoms with E-state index in [-0.39, 0.29) is 12.1 Å². The summed E-state index contributed by atoms with van der Waals surface area (Å²) in [7, 11) is 0. The summed E-state index contributed by atoms with van der Waals surface area (Å²) >= 11 is 0. The van der Waals surface area contributed by atoms with Gasteiger partial charge in [0, 0.05) is 12.8 Å². The minimum atomic E-state index is -0.0660. The third-order valence-corrected chi connectivity index (χ3v) is 2.05. The van der Waals surface area contributed by atoms with Gasteiger partial charge in [-0.3, -0.25) is 4.99 Å². The molecule has 0 amide bonds. The van der Waals surface area contributed by atoms with Gasteiger partial charge in [0.15, 0.2) is 0 Å². The van der Waals surface area contributed by atoms with Gasteiger partial charge in [0.05, 0.1) is 5.54 Å². The van der Waals surface area contributed by atoms with Crippen LogP contribution in [0.25, 0.3) is 0 Å². The van der Waals surface area contributed by atoms with Crippen LogP contribution in [-0.4, -0.2) is 23.5 Å². The molecular formula is C9H15NO. The van der Waals surface area contributed by atoms with Crippen LogP contribution in [0.15, 0.2) is 17.1 Å². The second-order valence-electron chi connectivity index (χ2n) is 2.96. The predicted octanol–water partition coefficient (Wildman–Crippen LogP) is 1.55. The monoisotopic (exact) mass is 153 g/mol. The van der Waals surface area contributed by atoms with E-state index in [9.17, 15) is 0 Å². The topological polar surface area (TPSA) is 32.6 Å². The van der Waals surface area contributed by atoms with Crippen molar-refractivity contribution < 1.29 is 5.11 Å². The molecule has 0 aromatic rings. The van der Waals surface area contributed by atoms with E-state index in [0.717, 1.165) is 19.3 Å². The summed E-state index contributed by atoms with van der Waals surface area (Å²) < 4.78 is 0. The first-order valence-electron chi connectivity index (χ1n) is 4.17. The third kappa shape index (κ3) is 1.90. The normalized spacial score (nSPS) is 28.2. The molecule has 1 rings (SSSR count). The molecule has 1 N–H and O–H groups in total. The van der Waals surface area contributed by atoms with E-state index in [1.165, 1.54) is 0 Å². The van der Waals surface area contributed by atoms with E-state index in [2.05, 4.69) is 18.0 Å². The molecule has 1 unspecified atom stereocenters. The van der Waals surface area contributed by atoms with Gasteiger partial charge in [0.2, 0.25) is 0 Å². The molecule has 62 valence electrons. The van der Waals surface area contributed by atoms with Crippen molar-refractivity contribution in [2.45, 2.75) is 31.7 Å². The Morgan fingerprint density at radius 3 is 2.73 bits per heavy atom. The summed E-state index contributed by atoms with van der Waals surface area (Å²) in [5.74, 6) is 0. The fraction of sp³-hybridized carbons (Fsp3) is 0.667. The maximum absolute atomic E-state index is 8.81. The molecule has 0 bridgehead atoms. The Morgan fingerprint density at radius 2 is 2.27 bits per heavy atom. The van der Waals surface area contributed by atoms with Gasteiger partial charge in [-0.2, -0.15) is 0 Å². The Kier molecular flexibility index (Phi) is 2.83. The Balaban J connectivity index is 2.56. The molecule has 1 heterocycles.